The lowest BCUT2D eigenvalue weighted by Gasteiger charge is -2.37. The molecule has 2 saturated heterocycles. The maximum Gasteiger partial charge on any atom is 0.281 e. The van der Waals surface area contributed by atoms with E-state index < -0.39 is 10.2 Å². The molecule has 1 N–H and O–H groups in total. The van der Waals surface area contributed by atoms with E-state index in [-0.39, 0.29) is 18.4 Å². The number of nitrogens with one attached hydrogen (secondary N) is 1. The van der Waals surface area contributed by atoms with Crippen molar-refractivity contribution in [3.63, 3.8) is 0 Å². The van der Waals surface area contributed by atoms with Crippen LogP contribution in [0.4, 0.5) is 0 Å². The van der Waals surface area contributed by atoms with Crippen molar-refractivity contribution < 1.29 is 13.2 Å². The summed E-state index contributed by atoms with van der Waals surface area (Å²) in [7, 11) is -3.46. The maximum absolute atomic E-state index is 13.0. The van der Waals surface area contributed by atoms with Crippen LogP contribution in [0.1, 0.15) is 43.7 Å². The standard InChI is InChI=1S/C20H31N3O3S/c1-16-9-12-22(13-10-16)27(25,26)23-11-5-8-19(15-23)20(24)21-14-18-7-4-3-6-17(18)2/h3-4,6-7,16,19H,5,8-15H2,1-2H3,(H,21,24)/t19-/m0/s1. The number of rotatable bonds is 5. The Morgan fingerprint density at radius 1 is 1.11 bits per heavy atom. The first-order valence-corrected chi connectivity index (χ1v) is 11.3. The summed E-state index contributed by atoms with van der Waals surface area (Å²) in [4.78, 5) is 12.6. The first kappa shape index (κ1) is 20.3. The van der Waals surface area contributed by atoms with E-state index in [1.807, 2.05) is 31.2 Å². The summed E-state index contributed by atoms with van der Waals surface area (Å²) in [5.41, 5.74) is 2.23. The van der Waals surface area contributed by atoms with Crippen LogP contribution in [0.5, 0.6) is 0 Å². The second kappa shape index (κ2) is 8.71. The van der Waals surface area contributed by atoms with Crippen molar-refractivity contribution in [3.05, 3.63) is 35.4 Å². The molecule has 7 heteroatoms. The van der Waals surface area contributed by atoms with Gasteiger partial charge in [0.25, 0.3) is 10.2 Å². The summed E-state index contributed by atoms with van der Waals surface area (Å²) in [6, 6.07) is 7.97. The number of carbonyl (C=O) groups excluding carboxylic acids is 1. The molecule has 2 fully saturated rings. The molecule has 0 bridgehead atoms. The number of piperidine rings is 2. The zero-order valence-corrected chi connectivity index (χ0v) is 17.2. The summed E-state index contributed by atoms with van der Waals surface area (Å²) in [5.74, 6) is 0.254. The summed E-state index contributed by atoms with van der Waals surface area (Å²) in [5, 5.41) is 2.99. The SMILES string of the molecule is Cc1ccccc1CNC(=O)[C@H]1CCCN(S(=O)(=O)N2CCC(C)CC2)C1. The van der Waals surface area contributed by atoms with E-state index in [2.05, 4.69) is 12.2 Å². The van der Waals surface area contributed by atoms with Gasteiger partial charge < -0.3 is 5.32 Å². The molecular formula is C20H31N3O3S. The third-order valence-electron chi connectivity index (χ3n) is 5.86. The fourth-order valence-electron chi connectivity index (χ4n) is 3.88. The minimum absolute atomic E-state index is 0.0505. The average Bonchev–Trinajstić information content (AvgIpc) is 2.67. The molecule has 0 unspecified atom stereocenters. The molecule has 1 amide bonds. The third-order valence-corrected chi connectivity index (χ3v) is 7.87. The molecule has 0 saturated carbocycles. The van der Waals surface area contributed by atoms with Gasteiger partial charge in [-0.15, -0.1) is 0 Å². The largest absolute Gasteiger partial charge is 0.352 e. The molecular weight excluding hydrogens is 362 g/mol. The summed E-state index contributed by atoms with van der Waals surface area (Å²) in [6.45, 7) is 6.65. The number of hydrogen-bond donors (Lipinski definition) is 1. The van der Waals surface area contributed by atoms with Crippen molar-refractivity contribution in [3.8, 4) is 0 Å². The van der Waals surface area contributed by atoms with Crippen LogP contribution in [0.15, 0.2) is 24.3 Å². The second-order valence-electron chi connectivity index (χ2n) is 7.93. The molecule has 2 aliphatic heterocycles. The van der Waals surface area contributed by atoms with Crippen LogP contribution in [0, 0.1) is 18.8 Å². The molecule has 0 aromatic heterocycles. The molecule has 3 rings (SSSR count). The number of amides is 1. The summed E-state index contributed by atoms with van der Waals surface area (Å²) >= 11 is 0. The van der Waals surface area contributed by atoms with E-state index in [0.29, 0.717) is 32.1 Å². The first-order valence-electron chi connectivity index (χ1n) is 9.95. The minimum Gasteiger partial charge on any atom is -0.352 e. The van der Waals surface area contributed by atoms with Crippen molar-refractivity contribution >= 4 is 16.1 Å². The Balaban J connectivity index is 1.58. The van der Waals surface area contributed by atoms with Crippen LogP contribution in [-0.2, 0) is 21.5 Å². The number of nitrogens with zero attached hydrogens (tertiary/aromatic N) is 2. The summed E-state index contributed by atoms with van der Waals surface area (Å²) in [6.07, 6.45) is 3.29. The molecule has 1 aromatic carbocycles. The molecule has 0 radical (unpaired) electrons. The van der Waals surface area contributed by atoms with E-state index in [9.17, 15) is 13.2 Å². The second-order valence-corrected chi connectivity index (χ2v) is 9.86. The Labute approximate surface area is 163 Å². The quantitative estimate of drug-likeness (QED) is 0.834. The van der Waals surface area contributed by atoms with Gasteiger partial charge >= 0.3 is 0 Å². The van der Waals surface area contributed by atoms with Gasteiger partial charge in [0.1, 0.15) is 0 Å². The van der Waals surface area contributed by atoms with Gasteiger partial charge in [0, 0.05) is 32.7 Å². The van der Waals surface area contributed by atoms with E-state index in [0.717, 1.165) is 36.8 Å². The van der Waals surface area contributed by atoms with Gasteiger partial charge in [-0.05, 0) is 49.7 Å². The van der Waals surface area contributed by atoms with Gasteiger partial charge in [0.15, 0.2) is 0 Å². The monoisotopic (exact) mass is 393 g/mol. The lowest BCUT2D eigenvalue weighted by atomic mass is 9.98. The fraction of sp³-hybridized carbons (Fsp3) is 0.650. The molecule has 0 spiro atoms. The highest BCUT2D eigenvalue weighted by Gasteiger charge is 2.36. The fourth-order valence-corrected chi connectivity index (χ4v) is 5.61. The van der Waals surface area contributed by atoms with Crippen LogP contribution in [-0.4, -0.2) is 49.1 Å². The Hall–Kier alpha value is -1.44. The van der Waals surface area contributed by atoms with Crippen LogP contribution < -0.4 is 5.32 Å². The van der Waals surface area contributed by atoms with Crippen LogP contribution in [0.2, 0.25) is 0 Å². The number of hydrogen-bond acceptors (Lipinski definition) is 3. The maximum atomic E-state index is 13.0. The minimum atomic E-state index is -3.46. The molecule has 2 heterocycles. The predicted molar refractivity (Wildman–Crippen MR) is 106 cm³/mol. The van der Waals surface area contributed by atoms with E-state index >= 15 is 0 Å². The van der Waals surface area contributed by atoms with Crippen molar-refractivity contribution in [1.29, 1.82) is 0 Å². The van der Waals surface area contributed by atoms with Gasteiger partial charge in [-0.3, -0.25) is 4.79 Å². The molecule has 1 atom stereocenters. The normalized spacial score (nSPS) is 23.3. The number of carbonyl (C=O) groups is 1. The highest BCUT2D eigenvalue weighted by Crippen LogP contribution is 2.25. The highest BCUT2D eigenvalue weighted by molar-refractivity contribution is 7.86. The van der Waals surface area contributed by atoms with Gasteiger partial charge in [-0.25, -0.2) is 0 Å². The van der Waals surface area contributed by atoms with Crippen molar-refractivity contribution in [1.82, 2.24) is 13.9 Å². The molecule has 150 valence electrons. The Morgan fingerprint density at radius 3 is 2.52 bits per heavy atom. The Bertz CT molecular complexity index is 757. The van der Waals surface area contributed by atoms with Gasteiger partial charge in [0.05, 0.1) is 5.92 Å². The van der Waals surface area contributed by atoms with E-state index in [4.69, 9.17) is 0 Å². The van der Waals surface area contributed by atoms with Crippen LogP contribution >= 0.6 is 0 Å². The molecule has 0 aliphatic carbocycles. The lowest BCUT2D eigenvalue weighted by molar-refractivity contribution is -0.126. The average molecular weight is 394 g/mol. The third kappa shape index (κ3) is 4.89. The van der Waals surface area contributed by atoms with Gasteiger partial charge in [0.2, 0.25) is 5.91 Å². The van der Waals surface area contributed by atoms with Crippen molar-refractivity contribution in [2.45, 2.75) is 46.1 Å². The topological polar surface area (TPSA) is 69.7 Å². The summed E-state index contributed by atoms with van der Waals surface area (Å²) < 4.78 is 29.0. The lowest BCUT2D eigenvalue weighted by Crippen LogP contribution is -2.52. The first-order chi connectivity index (χ1) is 12.9. The smallest absolute Gasteiger partial charge is 0.281 e. The van der Waals surface area contributed by atoms with Gasteiger partial charge in [-0.2, -0.15) is 17.0 Å². The zero-order chi connectivity index (χ0) is 19.4. The molecule has 27 heavy (non-hydrogen) atoms. The van der Waals surface area contributed by atoms with E-state index in [1.165, 1.54) is 4.31 Å². The highest BCUT2D eigenvalue weighted by atomic mass is 32.2. The van der Waals surface area contributed by atoms with Gasteiger partial charge in [-0.1, -0.05) is 31.2 Å². The molecule has 1 aromatic rings. The van der Waals surface area contributed by atoms with Crippen LogP contribution in [0.25, 0.3) is 0 Å². The predicted octanol–water partition coefficient (Wildman–Crippen LogP) is 2.30. The van der Waals surface area contributed by atoms with E-state index in [1.54, 1.807) is 4.31 Å². The zero-order valence-electron chi connectivity index (χ0n) is 16.4. The van der Waals surface area contributed by atoms with Crippen LogP contribution in [0.3, 0.4) is 0 Å². The number of benzene rings is 1. The Morgan fingerprint density at radius 2 is 1.81 bits per heavy atom. The van der Waals surface area contributed by atoms with Crippen molar-refractivity contribution in [2.75, 3.05) is 26.2 Å². The Kier molecular flexibility index (Phi) is 6.55. The molecule has 6 nitrogen and oxygen atoms in total. The van der Waals surface area contributed by atoms with Crippen molar-refractivity contribution in [2.24, 2.45) is 11.8 Å². The molecule has 2 aliphatic rings. The number of aryl methyl sites for hydroxylation is 1.